The smallest absolute Gasteiger partial charge is 0.0645 e. The van der Waals surface area contributed by atoms with E-state index in [0.29, 0.717) is 10.8 Å². The van der Waals surface area contributed by atoms with Crippen molar-refractivity contribution < 1.29 is 43.9 Å². The predicted molar refractivity (Wildman–Crippen MR) is 311 cm³/mol. The molecule has 0 aliphatic heterocycles. The molecule has 13 rings (SSSR count). The van der Waals surface area contributed by atoms with Gasteiger partial charge in [0.25, 0.3) is 0 Å². The predicted octanol–water partition coefficient (Wildman–Crippen LogP) is 19.8. The highest BCUT2D eigenvalue weighted by Gasteiger charge is 2.29. The highest BCUT2D eigenvalue weighted by molar-refractivity contribution is 6.32. The molecule has 0 saturated carbocycles. The molecule has 0 bridgehead atoms. The van der Waals surface area contributed by atoms with Crippen LogP contribution in [0.1, 0.15) is 147 Å². The van der Waals surface area contributed by atoms with Crippen LogP contribution in [0.15, 0.2) is 181 Å². The summed E-state index contributed by atoms with van der Waals surface area (Å²) in [6, 6.07) is -10.4. The summed E-state index contributed by atoms with van der Waals surface area (Å²) < 4.78 is 298. The number of aromatic nitrogens is 2. The number of rotatable bonds is 8. The van der Waals surface area contributed by atoms with Crippen LogP contribution < -0.4 is 9.80 Å². The van der Waals surface area contributed by atoms with E-state index in [4.69, 9.17) is 19.2 Å². The summed E-state index contributed by atoms with van der Waals surface area (Å²) in [6.45, 7) is 5.56. The van der Waals surface area contributed by atoms with Gasteiger partial charge in [-0.05, 0) is 142 Å². The van der Waals surface area contributed by atoms with Crippen LogP contribution in [0, 0.1) is 0 Å². The molecule has 354 valence electrons. The first-order valence-corrected chi connectivity index (χ1v) is 23.2. The van der Waals surface area contributed by atoms with Gasteiger partial charge < -0.3 is 18.6 Å². The number of hydrogen-bond acceptors (Lipinski definition) is 2. The topological polar surface area (TPSA) is 15.3 Å². The van der Waals surface area contributed by atoms with Crippen LogP contribution in [0.3, 0.4) is 0 Å². The van der Waals surface area contributed by atoms with Crippen LogP contribution in [-0.2, 0) is 10.8 Å². The fourth-order valence-corrected chi connectivity index (χ4v) is 9.88. The first-order valence-electron chi connectivity index (χ1n) is 39.2. The average molecular weight is 967 g/mol. The Labute approximate surface area is 468 Å². The highest BCUT2D eigenvalue weighted by atomic mass is 15.2. The van der Waals surface area contributed by atoms with Gasteiger partial charge in [0.15, 0.2) is 0 Å². The normalized spacial score (nSPS) is 21.1. The monoisotopic (exact) mass is 967 g/mol. The molecule has 4 nitrogen and oxygen atoms in total. The summed E-state index contributed by atoms with van der Waals surface area (Å²) >= 11 is 0. The molecule has 4 aromatic heterocycles. The number of nitrogens with zero attached hydrogens (tertiary/aromatic N) is 4. The van der Waals surface area contributed by atoms with E-state index in [2.05, 4.69) is 0 Å². The zero-order valence-corrected chi connectivity index (χ0v) is 40.3. The Morgan fingerprint density at radius 1 is 0.431 bits per heavy atom. The summed E-state index contributed by atoms with van der Waals surface area (Å²) in [5.74, 6) is -5.57. The summed E-state index contributed by atoms with van der Waals surface area (Å²) in [7, 11) is 0. The van der Waals surface area contributed by atoms with Crippen molar-refractivity contribution in [2.45, 2.75) is 91.7 Å². The SMILES string of the molecule is [2H]c1c([2H])c([2H])c(N(c2c([2H])c([2H])c(C([2H])(C)C([2H])([2H])[2H])c([2H])c2[2H])c2ccc3c4cc5c(cc4n4c6c([2H])c([2H])c(C(C)(C)C)c([2H])c6c2c34)c2ccc(N(c3c([2H])c([2H])c([2H])c([2H])c3[2H])c3c([2H])c([2H])c(C([2H])(C)C([2H])([2H])[2H])c([2H])c3[2H])c3c4c([2H])c(C(C)(C)C)c([2H])c([2H])c4n5c23)c([2H])c1[2H]. The third-order valence-corrected chi connectivity index (χ3v) is 13.3. The van der Waals surface area contributed by atoms with Gasteiger partial charge in [0.1, 0.15) is 0 Å². The molecule has 0 amide bonds. The molecule has 13 aromatic rings. The molecular formula is C68H62N4. The molecule has 0 N–H and O–H groups in total. The molecule has 2 atom stereocenters. The Balaban J connectivity index is 1.26. The van der Waals surface area contributed by atoms with Gasteiger partial charge in [-0.15, -0.1) is 0 Å². The lowest BCUT2D eigenvalue weighted by molar-refractivity contribution is 0.591. The molecule has 0 fully saturated rings. The van der Waals surface area contributed by atoms with Gasteiger partial charge in [-0.3, -0.25) is 0 Å². The van der Waals surface area contributed by atoms with E-state index in [0.717, 1.165) is 23.6 Å². The second-order valence-corrected chi connectivity index (χ2v) is 20.0. The quantitative estimate of drug-likeness (QED) is 0.151. The second-order valence-electron chi connectivity index (χ2n) is 20.0. The van der Waals surface area contributed by atoms with Crippen molar-refractivity contribution in [1.29, 1.82) is 0 Å². The van der Waals surface area contributed by atoms with Crippen molar-refractivity contribution in [2.24, 2.45) is 0 Å². The average Bonchev–Trinajstić information content (AvgIpc) is 1.51. The summed E-state index contributed by atoms with van der Waals surface area (Å²) in [6.07, 6.45) is 0. The van der Waals surface area contributed by atoms with Crippen molar-refractivity contribution in [3.63, 3.8) is 0 Å². The molecule has 0 saturated heterocycles. The van der Waals surface area contributed by atoms with Crippen LogP contribution in [0.4, 0.5) is 34.1 Å². The van der Waals surface area contributed by atoms with Crippen molar-refractivity contribution in [2.75, 3.05) is 9.80 Å². The fourth-order valence-electron chi connectivity index (χ4n) is 9.88. The van der Waals surface area contributed by atoms with Crippen molar-refractivity contribution in [1.82, 2.24) is 8.80 Å². The molecule has 4 heteroatoms. The first kappa shape index (κ1) is 21.9. The molecule has 0 radical (unpaired) electrons. The van der Waals surface area contributed by atoms with Gasteiger partial charge in [0.2, 0.25) is 0 Å². The minimum atomic E-state index is -3.24. The standard InChI is InChI=1S/C68H62N4/c1-41(2)43-21-27-49(28-22-43)69(47-17-13-11-14-18-47)59-35-31-51-53-39-62-54(40-61(53)71-57-33-25-45(67(5,6)7)37-55(57)63(59)65(51)71)52-32-36-60(64-56-38-46(68(8,9)10)26-34-58(56)72(62)66(52)64)70(48-19-15-12-16-20-48)50-29-23-44(24-30-50)42(3)4/h11-42H,1-10H3/i1D3,3D3,11D,12D,13D,14D,15D,16D,17D,18D,19D,20D,21D,22D,23D,24D,25D,26D,27D,28D,29D,30D,33D,34D,37D,38D,41D,42D. The Morgan fingerprint density at radius 2 is 0.806 bits per heavy atom. The molecule has 0 spiro atoms. The molecule has 0 aliphatic rings. The summed E-state index contributed by atoms with van der Waals surface area (Å²) in [5, 5.41) is 0.877. The number of hydrogen-bond donors (Lipinski definition) is 0. The molecular weight excluding hydrogens is 873 g/mol. The van der Waals surface area contributed by atoms with Gasteiger partial charge in [-0.2, -0.15) is 0 Å². The van der Waals surface area contributed by atoms with Gasteiger partial charge in [-0.1, -0.05) is 154 Å². The van der Waals surface area contributed by atoms with E-state index < -0.39 is 203 Å². The maximum atomic E-state index is 10.3. The summed E-state index contributed by atoms with van der Waals surface area (Å²) in [4.78, 5) is 1.79. The minimum absolute atomic E-state index is 0.0478. The van der Waals surface area contributed by atoms with Crippen LogP contribution in [0.25, 0.3) is 76.2 Å². The minimum Gasteiger partial charge on any atom is -0.310 e. The van der Waals surface area contributed by atoms with Crippen molar-refractivity contribution in [3.05, 3.63) is 204 Å². The third kappa shape index (κ3) is 6.57. The Morgan fingerprint density at radius 3 is 1.17 bits per heavy atom. The van der Waals surface area contributed by atoms with Gasteiger partial charge in [0.05, 0.1) is 77.4 Å². The number of fused-ring (bicyclic) bond motifs is 12. The molecule has 0 aliphatic carbocycles. The van der Waals surface area contributed by atoms with E-state index in [1.54, 1.807) is 62.5 Å². The molecule has 9 aromatic carbocycles. The third-order valence-electron chi connectivity index (χ3n) is 13.3. The summed E-state index contributed by atoms with van der Waals surface area (Å²) in [5.41, 5.74) is -6.84. The second kappa shape index (κ2) is 15.8. The zero-order valence-electron chi connectivity index (χ0n) is 72.3. The van der Waals surface area contributed by atoms with Gasteiger partial charge in [-0.25, -0.2) is 0 Å². The lowest BCUT2D eigenvalue weighted by Crippen LogP contribution is -2.11. The number of anilines is 6. The lowest BCUT2D eigenvalue weighted by atomic mass is 9.86. The zero-order chi connectivity index (χ0) is 77.3. The Kier molecular flexibility index (Phi) is 4.82. The van der Waals surface area contributed by atoms with Crippen LogP contribution in [0.5, 0.6) is 0 Å². The molecule has 72 heavy (non-hydrogen) atoms. The largest absolute Gasteiger partial charge is 0.310 e. The van der Waals surface area contributed by atoms with Gasteiger partial charge >= 0.3 is 0 Å². The van der Waals surface area contributed by atoms with E-state index in [1.165, 1.54) is 24.3 Å². The highest BCUT2D eigenvalue weighted by Crippen LogP contribution is 2.52. The molecule has 2 unspecified atom stereocenters. The van der Waals surface area contributed by atoms with Crippen LogP contribution in [-0.4, -0.2) is 8.80 Å². The van der Waals surface area contributed by atoms with Crippen molar-refractivity contribution >= 4 is 110 Å². The number of para-hydroxylation sites is 2. The lowest BCUT2D eigenvalue weighted by Gasteiger charge is -2.27. The maximum Gasteiger partial charge on any atom is 0.0645 e. The first-order chi connectivity index (χ1) is 47.8. The molecule has 4 heterocycles. The number of benzene rings is 9. The maximum absolute atomic E-state index is 10.3. The van der Waals surface area contributed by atoms with Gasteiger partial charge in [0, 0.05) is 76.8 Å². The van der Waals surface area contributed by atoms with E-state index in [1.807, 2.05) is 0 Å². The Hall–Kier alpha value is -7.82. The van der Waals surface area contributed by atoms with Crippen molar-refractivity contribution in [3.8, 4) is 0 Å². The van der Waals surface area contributed by atoms with E-state index in [9.17, 15) is 24.7 Å². The van der Waals surface area contributed by atoms with E-state index in [-0.39, 0.29) is 100 Å². The Bertz CT molecular complexity index is 5560. The van der Waals surface area contributed by atoms with Crippen LogP contribution in [0.2, 0.25) is 0 Å². The fraction of sp³-hybridized carbons (Fsp3) is 0.206. The van der Waals surface area contributed by atoms with Crippen LogP contribution >= 0.6 is 0 Å². The van der Waals surface area contributed by atoms with E-state index >= 15 is 0 Å².